The number of aromatic nitrogens is 3. The van der Waals surface area contributed by atoms with E-state index in [-0.39, 0.29) is 17.9 Å². The Kier molecular flexibility index (Phi) is 5.52. The Balaban J connectivity index is 1.80. The maximum atomic E-state index is 12.2. The summed E-state index contributed by atoms with van der Waals surface area (Å²) >= 11 is 0. The Bertz CT molecular complexity index is 594. The molecule has 2 heterocycles. The molecule has 0 spiro atoms. The molecule has 1 amide bonds. The van der Waals surface area contributed by atoms with Gasteiger partial charge in [-0.25, -0.2) is 4.98 Å². The number of amides is 1. The third-order valence-corrected chi connectivity index (χ3v) is 3.43. The molecule has 2 aromatic heterocycles. The molecule has 22 heavy (non-hydrogen) atoms. The van der Waals surface area contributed by atoms with Gasteiger partial charge in [-0.05, 0) is 19.1 Å². The molecule has 0 bridgehead atoms. The molecule has 0 unspecified atom stereocenters. The first-order chi connectivity index (χ1) is 10.6. The fourth-order valence-corrected chi connectivity index (χ4v) is 2.23. The Morgan fingerprint density at radius 2 is 2.09 bits per heavy atom. The number of hydrogen-bond acceptors (Lipinski definition) is 4. The van der Waals surface area contributed by atoms with Gasteiger partial charge in [0.05, 0.1) is 5.69 Å². The molecule has 0 aliphatic heterocycles. The summed E-state index contributed by atoms with van der Waals surface area (Å²) in [6.45, 7) is 7.24. The number of nitrogens with zero attached hydrogens (tertiary/aromatic N) is 3. The molecule has 118 valence electrons. The van der Waals surface area contributed by atoms with Crippen LogP contribution in [0.4, 0.5) is 5.69 Å². The molecular formula is C16H23N5O. The average molecular weight is 301 g/mol. The van der Waals surface area contributed by atoms with Crippen LogP contribution in [0.2, 0.25) is 0 Å². The lowest BCUT2D eigenvalue weighted by Gasteiger charge is -2.18. The van der Waals surface area contributed by atoms with Crippen LogP contribution < -0.4 is 10.6 Å². The first-order valence-corrected chi connectivity index (χ1v) is 7.54. The normalized spacial score (nSPS) is 12.2. The maximum Gasteiger partial charge on any atom is 0.242 e. The molecule has 0 saturated heterocycles. The van der Waals surface area contributed by atoms with Gasteiger partial charge in [-0.2, -0.15) is 0 Å². The lowest BCUT2D eigenvalue weighted by Crippen LogP contribution is -2.34. The van der Waals surface area contributed by atoms with Crippen LogP contribution in [0.25, 0.3) is 0 Å². The lowest BCUT2D eigenvalue weighted by atomic mass is 10.2. The van der Waals surface area contributed by atoms with E-state index < -0.39 is 0 Å². The van der Waals surface area contributed by atoms with Crippen LogP contribution in [-0.2, 0) is 4.79 Å². The van der Waals surface area contributed by atoms with Crippen molar-refractivity contribution in [3.8, 4) is 0 Å². The summed E-state index contributed by atoms with van der Waals surface area (Å²) in [4.78, 5) is 20.6. The summed E-state index contributed by atoms with van der Waals surface area (Å²) < 4.78 is 1.93. The van der Waals surface area contributed by atoms with Gasteiger partial charge in [-0.3, -0.25) is 9.78 Å². The summed E-state index contributed by atoms with van der Waals surface area (Å²) in [6, 6.07) is 3.55. The fraction of sp³-hybridized carbons (Fsp3) is 0.438. The predicted octanol–water partition coefficient (Wildman–Crippen LogP) is 2.19. The third-order valence-electron chi connectivity index (χ3n) is 3.43. The van der Waals surface area contributed by atoms with Crippen molar-refractivity contribution in [1.82, 2.24) is 19.9 Å². The highest BCUT2D eigenvalue weighted by atomic mass is 16.2. The third kappa shape index (κ3) is 4.07. The highest BCUT2D eigenvalue weighted by Crippen LogP contribution is 2.17. The molecule has 0 aliphatic rings. The van der Waals surface area contributed by atoms with Crippen molar-refractivity contribution in [3.05, 3.63) is 42.7 Å². The molecule has 6 heteroatoms. The molecule has 0 fully saturated rings. The van der Waals surface area contributed by atoms with E-state index in [1.54, 1.807) is 18.6 Å². The minimum atomic E-state index is -0.265. The lowest BCUT2D eigenvalue weighted by molar-refractivity contribution is -0.123. The fourth-order valence-electron chi connectivity index (χ4n) is 2.23. The summed E-state index contributed by atoms with van der Waals surface area (Å²) in [5, 5.41) is 6.14. The van der Waals surface area contributed by atoms with E-state index in [1.807, 2.05) is 29.8 Å². The second-order valence-electron chi connectivity index (χ2n) is 5.48. The number of hydrogen-bond donors (Lipinski definition) is 2. The van der Waals surface area contributed by atoms with Crippen LogP contribution in [0.5, 0.6) is 0 Å². The van der Waals surface area contributed by atoms with E-state index in [2.05, 4.69) is 34.4 Å². The first-order valence-electron chi connectivity index (χ1n) is 7.54. The zero-order valence-electron chi connectivity index (χ0n) is 13.3. The second-order valence-corrected chi connectivity index (χ2v) is 5.48. The van der Waals surface area contributed by atoms with Gasteiger partial charge < -0.3 is 15.2 Å². The first kappa shape index (κ1) is 16.0. The zero-order valence-corrected chi connectivity index (χ0v) is 13.3. The monoisotopic (exact) mass is 301 g/mol. The van der Waals surface area contributed by atoms with E-state index in [1.165, 1.54) is 0 Å². The molecule has 0 aliphatic carbocycles. The van der Waals surface area contributed by atoms with Crippen molar-refractivity contribution in [3.63, 3.8) is 0 Å². The van der Waals surface area contributed by atoms with E-state index in [9.17, 15) is 4.79 Å². The van der Waals surface area contributed by atoms with Crippen LogP contribution in [0.1, 0.15) is 38.6 Å². The summed E-state index contributed by atoms with van der Waals surface area (Å²) in [6.07, 6.45) is 7.08. The number of carbonyl (C=O) groups is 1. The molecule has 0 radical (unpaired) electrons. The van der Waals surface area contributed by atoms with Crippen molar-refractivity contribution >= 4 is 11.6 Å². The SMILES string of the molecule is CC(C)c1nccn1[C@@H](C)C(=O)NCCNc1cccnc1. The molecule has 0 saturated carbocycles. The Morgan fingerprint density at radius 3 is 2.77 bits per heavy atom. The van der Waals surface area contributed by atoms with Gasteiger partial charge in [-0.15, -0.1) is 0 Å². The molecule has 2 rings (SSSR count). The summed E-state index contributed by atoms with van der Waals surface area (Å²) in [5.74, 6) is 1.21. The van der Waals surface area contributed by atoms with Gasteiger partial charge >= 0.3 is 0 Å². The number of pyridine rings is 1. The van der Waals surface area contributed by atoms with Crippen LogP contribution in [0, 0.1) is 0 Å². The highest BCUT2D eigenvalue weighted by Gasteiger charge is 2.18. The van der Waals surface area contributed by atoms with Gasteiger partial charge in [0.25, 0.3) is 0 Å². The van der Waals surface area contributed by atoms with Crippen molar-refractivity contribution in [2.45, 2.75) is 32.7 Å². The van der Waals surface area contributed by atoms with E-state index >= 15 is 0 Å². The molecular weight excluding hydrogens is 278 g/mol. The van der Waals surface area contributed by atoms with E-state index in [0.717, 1.165) is 11.5 Å². The number of rotatable bonds is 7. The minimum absolute atomic E-state index is 0.00659. The Morgan fingerprint density at radius 1 is 1.27 bits per heavy atom. The standard InChI is InChI=1S/C16H23N5O/c1-12(2)15-19-9-10-21(15)13(3)16(22)20-8-7-18-14-5-4-6-17-11-14/h4-6,9-13,18H,7-8H2,1-3H3,(H,20,22)/t13-/m0/s1. The second kappa shape index (κ2) is 7.59. The quantitative estimate of drug-likeness (QED) is 0.769. The van der Waals surface area contributed by atoms with Gasteiger partial charge in [-0.1, -0.05) is 13.8 Å². The van der Waals surface area contributed by atoms with Crippen molar-refractivity contribution < 1.29 is 4.79 Å². The average Bonchev–Trinajstić information content (AvgIpc) is 3.01. The maximum absolute atomic E-state index is 12.2. The number of anilines is 1. The van der Waals surface area contributed by atoms with Gasteiger partial charge in [0.2, 0.25) is 5.91 Å². The minimum Gasteiger partial charge on any atom is -0.382 e. The molecule has 6 nitrogen and oxygen atoms in total. The Labute approximate surface area is 131 Å². The number of carbonyl (C=O) groups excluding carboxylic acids is 1. The molecule has 2 aromatic rings. The van der Waals surface area contributed by atoms with Crippen molar-refractivity contribution in [2.75, 3.05) is 18.4 Å². The smallest absolute Gasteiger partial charge is 0.242 e. The van der Waals surface area contributed by atoms with E-state index in [4.69, 9.17) is 0 Å². The highest BCUT2D eigenvalue weighted by molar-refractivity contribution is 5.80. The van der Waals surface area contributed by atoms with Crippen LogP contribution in [0.15, 0.2) is 36.9 Å². The van der Waals surface area contributed by atoms with Gasteiger partial charge in [0, 0.05) is 43.8 Å². The summed E-state index contributed by atoms with van der Waals surface area (Å²) in [5.41, 5.74) is 0.946. The zero-order chi connectivity index (χ0) is 15.9. The van der Waals surface area contributed by atoms with Gasteiger partial charge in [0.15, 0.2) is 0 Å². The molecule has 0 aromatic carbocycles. The van der Waals surface area contributed by atoms with E-state index in [0.29, 0.717) is 13.1 Å². The molecule has 1 atom stereocenters. The topological polar surface area (TPSA) is 71.8 Å². The molecule has 2 N–H and O–H groups in total. The number of imidazole rings is 1. The van der Waals surface area contributed by atoms with Crippen LogP contribution >= 0.6 is 0 Å². The van der Waals surface area contributed by atoms with Gasteiger partial charge in [0.1, 0.15) is 11.9 Å². The number of nitrogens with one attached hydrogen (secondary N) is 2. The largest absolute Gasteiger partial charge is 0.382 e. The van der Waals surface area contributed by atoms with Crippen LogP contribution in [0.3, 0.4) is 0 Å². The van der Waals surface area contributed by atoms with Crippen molar-refractivity contribution in [2.24, 2.45) is 0 Å². The summed E-state index contributed by atoms with van der Waals surface area (Å²) in [7, 11) is 0. The van der Waals surface area contributed by atoms with Crippen molar-refractivity contribution in [1.29, 1.82) is 0 Å². The predicted molar refractivity (Wildman–Crippen MR) is 86.8 cm³/mol. The van der Waals surface area contributed by atoms with Crippen LogP contribution in [-0.4, -0.2) is 33.5 Å². The Hall–Kier alpha value is -2.37.